The van der Waals surface area contributed by atoms with Gasteiger partial charge < -0.3 is 11.1 Å². The summed E-state index contributed by atoms with van der Waals surface area (Å²) in [4.78, 5) is 21.1. The molecule has 0 aliphatic heterocycles. The Labute approximate surface area is 188 Å². The third kappa shape index (κ3) is 5.06. The van der Waals surface area contributed by atoms with E-state index < -0.39 is 5.95 Å². The van der Waals surface area contributed by atoms with Crippen LogP contribution in [-0.4, -0.2) is 22.4 Å². The van der Waals surface area contributed by atoms with Gasteiger partial charge in [0.25, 0.3) is 0 Å². The summed E-state index contributed by atoms with van der Waals surface area (Å²) < 4.78 is 14.4. The number of hydrogen-bond donors (Lipinski definition) is 2. The lowest BCUT2D eigenvalue weighted by molar-refractivity contribution is -0.124. The summed E-state index contributed by atoms with van der Waals surface area (Å²) in [6, 6.07) is 11.1. The molecule has 4 rings (SSSR count). The molecule has 1 atom stereocenters. The average molecular weight is 435 g/mol. The number of aromatic nitrogens is 2. The highest BCUT2D eigenvalue weighted by molar-refractivity contribution is 5.87. The number of amides is 1. The maximum atomic E-state index is 14.4. The van der Waals surface area contributed by atoms with Crippen LogP contribution in [0.2, 0.25) is 0 Å². The Hall–Kier alpha value is -3.02. The number of anilines is 1. The zero-order chi connectivity index (χ0) is 22.7. The van der Waals surface area contributed by atoms with Crippen molar-refractivity contribution in [2.75, 3.05) is 12.3 Å². The minimum atomic E-state index is -0.490. The van der Waals surface area contributed by atoms with Crippen molar-refractivity contribution in [1.82, 2.24) is 15.3 Å². The number of pyridine rings is 2. The van der Waals surface area contributed by atoms with Crippen LogP contribution in [0, 0.1) is 24.7 Å². The van der Waals surface area contributed by atoms with Gasteiger partial charge in [0, 0.05) is 29.1 Å². The second kappa shape index (κ2) is 9.63. The molecule has 0 saturated heterocycles. The van der Waals surface area contributed by atoms with Gasteiger partial charge in [-0.1, -0.05) is 32.3 Å². The number of nitrogen functional groups attached to an aromatic ring is 1. The first-order valence-corrected chi connectivity index (χ1v) is 11.5. The lowest BCUT2D eigenvalue weighted by Gasteiger charge is -2.22. The molecule has 1 unspecified atom stereocenters. The standard InChI is InChI=1S/C26H31FN4O/c1-16(26(32)29-15-18-6-4-3-5-7-18)12-21-14-20-13-19(9-11-23(20)31-25(21)28)22-10-8-17(2)30-24(22)27/h8-11,13-14,16,18H,3-7,12,15H2,1-2H3,(H2,28,31)(H,29,32). The molecule has 32 heavy (non-hydrogen) atoms. The molecular formula is C26H31FN4O. The van der Waals surface area contributed by atoms with E-state index in [1.165, 1.54) is 32.1 Å². The predicted octanol–water partition coefficient (Wildman–Crippen LogP) is 5.20. The first-order valence-electron chi connectivity index (χ1n) is 11.5. The van der Waals surface area contributed by atoms with Crippen molar-refractivity contribution in [2.45, 2.75) is 52.4 Å². The van der Waals surface area contributed by atoms with Crippen molar-refractivity contribution in [2.24, 2.45) is 11.8 Å². The fourth-order valence-electron chi connectivity index (χ4n) is 4.54. The molecule has 168 valence electrons. The van der Waals surface area contributed by atoms with E-state index in [4.69, 9.17) is 5.73 Å². The zero-order valence-electron chi connectivity index (χ0n) is 18.8. The molecule has 1 amide bonds. The molecule has 3 aromatic rings. The van der Waals surface area contributed by atoms with Crippen LogP contribution in [0.5, 0.6) is 0 Å². The zero-order valence-corrected chi connectivity index (χ0v) is 18.8. The average Bonchev–Trinajstić information content (AvgIpc) is 2.78. The number of nitrogens with two attached hydrogens (primary N) is 1. The lowest BCUT2D eigenvalue weighted by Crippen LogP contribution is -2.34. The second-order valence-corrected chi connectivity index (χ2v) is 9.09. The normalized spacial score (nSPS) is 15.6. The smallest absolute Gasteiger partial charge is 0.223 e. The largest absolute Gasteiger partial charge is 0.383 e. The van der Waals surface area contributed by atoms with Crippen molar-refractivity contribution in [3.8, 4) is 11.1 Å². The number of carbonyl (C=O) groups is 1. The Kier molecular flexibility index (Phi) is 6.68. The van der Waals surface area contributed by atoms with Gasteiger partial charge in [-0.25, -0.2) is 9.97 Å². The van der Waals surface area contributed by atoms with E-state index in [-0.39, 0.29) is 11.8 Å². The van der Waals surface area contributed by atoms with Crippen molar-refractivity contribution in [1.29, 1.82) is 0 Å². The molecule has 0 bridgehead atoms. The minimum Gasteiger partial charge on any atom is -0.383 e. The molecule has 1 aromatic carbocycles. The van der Waals surface area contributed by atoms with Crippen LogP contribution in [0.4, 0.5) is 10.2 Å². The van der Waals surface area contributed by atoms with Gasteiger partial charge in [0.05, 0.1) is 5.52 Å². The van der Waals surface area contributed by atoms with Crippen molar-refractivity contribution in [3.05, 3.63) is 53.6 Å². The summed E-state index contributed by atoms with van der Waals surface area (Å²) in [5.41, 5.74) is 9.60. The van der Waals surface area contributed by atoms with Gasteiger partial charge >= 0.3 is 0 Å². The number of rotatable bonds is 6. The number of carbonyl (C=O) groups excluding carboxylic acids is 1. The highest BCUT2D eigenvalue weighted by atomic mass is 19.1. The van der Waals surface area contributed by atoms with Crippen LogP contribution in [0.25, 0.3) is 22.0 Å². The van der Waals surface area contributed by atoms with Crippen LogP contribution in [0.1, 0.15) is 50.3 Å². The Balaban J connectivity index is 1.50. The van der Waals surface area contributed by atoms with E-state index in [1.54, 1.807) is 19.1 Å². The fourth-order valence-corrected chi connectivity index (χ4v) is 4.54. The van der Waals surface area contributed by atoms with E-state index in [1.807, 2.05) is 31.2 Å². The Bertz CT molecular complexity index is 1120. The highest BCUT2D eigenvalue weighted by Gasteiger charge is 2.19. The Morgan fingerprint density at radius 3 is 2.69 bits per heavy atom. The van der Waals surface area contributed by atoms with Crippen molar-refractivity contribution >= 4 is 22.6 Å². The first-order chi connectivity index (χ1) is 15.4. The number of nitrogens with one attached hydrogen (secondary N) is 1. The van der Waals surface area contributed by atoms with Crippen LogP contribution in [0.15, 0.2) is 36.4 Å². The van der Waals surface area contributed by atoms with Gasteiger partial charge in [0.2, 0.25) is 11.9 Å². The first kappa shape index (κ1) is 22.2. The molecule has 1 aliphatic rings. The number of nitrogens with zero attached hydrogens (tertiary/aromatic N) is 2. The van der Waals surface area contributed by atoms with Crippen LogP contribution >= 0.6 is 0 Å². The van der Waals surface area contributed by atoms with Gasteiger partial charge in [0.15, 0.2) is 0 Å². The fraction of sp³-hybridized carbons (Fsp3) is 0.423. The van der Waals surface area contributed by atoms with E-state index in [0.717, 1.165) is 28.6 Å². The maximum absolute atomic E-state index is 14.4. The molecule has 0 spiro atoms. The molecule has 3 N–H and O–H groups in total. The molecule has 5 nitrogen and oxygen atoms in total. The quantitative estimate of drug-likeness (QED) is 0.523. The predicted molar refractivity (Wildman–Crippen MR) is 127 cm³/mol. The van der Waals surface area contributed by atoms with E-state index in [9.17, 15) is 9.18 Å². The summed E-state index contributed by atoms with van der Waals surface area (Å²) in [7, 11) is 0. The Morgan fingerprint density at radius 1 is 1.16 bits per heavy atom. The third-order valence-electron chi connectivity index (χ3n) is 6.49. The number of fused-ring (bicyclic) bond motifs is 1. The molecule has 1 saturated carbocycles. The summed E-state index contributed by atoms with van der Waals surface area (Å²) >= 11 is 0. The maximum Gasteiger partial charge on any atom is 0.223 e. The van der Waals surface area contributed by atoms with Gasteiger partial charge in [-0.15, -0.1) is 0 Å². The Morgan fingerprint density at radius 2 is 1.94 bits per heavy atom. The van der Waals surface area contributed by atoms with Gasteiger partial charge in [-0.05, 0) is 73.6 Å². The van der Waals surface area contributed by atoms with Crippen molar-refractivity contribution in [3.63, 3.8) is 0 Å². The number of benzene rings is 1. The summed E-state index contributed by atoms with van der Waals surface area (Å²) in [6.07, 6.45) is 6.75. The monoisotopic (exact) mass is 434 g/mol. The summed E-state index contributed by atoms with van der Waals surface area (Å²) in [5, 5.41) is 3.98. The van der Waals surface area contributed by atoms with Crippen molar-refractivity contribution < 1.29 is 9.18 Å². The topological polar surface area (TPSA) is 80.9 Å². The van der Waals surface area contributed by atoms with Gasteiger partial charge in [-0.3, -0.25) is 4.79 Å². The lowest BCUT2D eigenvalue weighted by atomic mass is 9.89. The van der Waals surface area contributed by atoms with E-state index >= 15 is 0 Å². The molecule has 1 fully saturated rings. The molecule has 6 heteroatoms. The summed E-state index contributed by atoms with van der Waals surface area (Å²) in [6.45, 7) is 4.44. The molecule has 2 heterocycles. The van der Waals surface area contributed by atoms with E-state index in [2.05, 4.69) is 15.3 Å². The van der Waals surface area contributed by atoms with Crippen LogP contribution in [-0.2, 0) is 11.2 Å². The number of halogens is 1. The molecule has 0 radical (unpaired) electrons. The molecule has 1 aliphatic carbocycles. The summed E-state index contributed by atoms with van der Waals surface area (Å²) in [5.74, 6) is 0.387. The SMILES string of the molecule is Cc1ccc(-c2ccc3nc(N)c(CC(C)C(=O)NCC4CCCCC4)cc3c2)c(F)n1. The van der Waals surface area contributed by atoms with Crippen LogP contribution < -0.4 is 11.1 Å². The van der Waals surface area contributed by atoms with Gasteiger partial charge in [0.1, 0.15) is 5.82 Å². The third-order valence-corrected chi connectivity index (χ3v) is 6.49. The minimum absolute atomic E-state index is 0.0524. The number of hydrogen-bond acceptors (Lipinski definition) is 4. The van der Waals surface area contributed by atoms with Gasteiger partial charge in [-0.2, -0.15) is 4.39 Å². The van der Waals surface area contributed by atoms with Crippen LogP contribution in [0.3, 0.4) is 0 Å². The number of aryl methyl sites for hydroxylation is 1. The molecule has 2 aromatic heterocycles. The highest BCUT2D eigenvalue weighted by Crippen LogP contribution is 2.28. The second-order valence-electron chi connectivity index (χ2n) is 9.09. The van der Waals surface area contributed by atoms with E-state index in [0.29, 0.717) is 29.4 Å². The molecular weight excluding hydrogens is 403 g/mol.